The minimum absolute atomic E-state index is 0.0282. The number of nitrogens with zero attached hydrogens (tertiary/aromatic N) is 1. The fraction of sp³-hybridized carbons (Fsp3) is 0.833. The zero-order valence-electron chi connectivity index (χ0n) is 14.1. The molecule has 0 spiro atoms. The van der Waals surface area contributed by atoms with E-state index in [2.05, 4.69) is 12.2 Å². The Labute approximate surface area is 138 Å². The van der Waals surface area contributed by atoms with Gasteiger partial charge in [0.2, 0.25) is 17.7 Å². The van der Waals surface area contributed by atoms with Gasteiger partial charge in [0, 0.05) is 19.0 Å². The van der Waals surface area contributed by atoms with Gasteiger partial charge in [-0.1, -0.05) is 32.6 Å². The van der Waals surface area contributed by atoms with Gasteiger partial charge in [-0.15, -0.1) is 0 Å². The van der Waals surface area contributed by atoms with Crippen molar-refractivity contribution in [2.24, 2.45) is 17.8 Å². The van der Waals surface area contributed by atoms with Crippen LogP contribution in [0.3, 0.4) is 0 Å². The average molecular weight is 320 g/mol. The maximum absolute atomic E-state index is 12.4. The molecule has 4 unspecified atom stereocenters. The molecule has 0 aromatic rings. The minimum Gasteiger partial charge on any atom is -0.353 e. The van der Waals surface area contributed by atoms with Crippen molar-refractivity contribution in [1.29, 1.82) is 0 Å². The van der Waals surface area contributed by atoms with Crippen LogP contribution < -0.4 is 5.32 Å². The van der Waals surface area contributed by atoms with E-state index in [9.17, 15) is 14.4 Å². The Kier molecular flexibility index (Phi) is 5.02. The molecule has 0 bridgehead atoms. The summed E-state index contributed by atoms with van der Waals surface area (Å²) in [7, 11) is 0. The van der Waals surface area contributed by atoms with Gasteiger partial charge < -0.3 is 5.32 Å². The first-order chi connectivity index (χ1) is 11.1. The number of carbonyl (C=O) groups is 3. The average Bonchev–Trinajstić information content (AvgIpc) is 2.77. The third-order valence-corrected chi connectivity index (χ3v) is 5.80. The smallest absolute Gasteiger partial charge is 0.233 e. The molecule has 1 aliphatic heterocycles. The highest BCUT2D eigenvalue weighted by atomic mass is 16.2. The van der Waals surface area contributed by atoms with Crippen LogP contribution in [0.1, 0.15) is 64.7 Å². The SMILES string of the molecule is CC1CCCC(NC(=O)CCN2C(=O)C3CCCCC3C2=O)C1. The lowest BCUT2D eigenvalue weighted by Crippen LogP contribution is -2.40. The van der Waals surface area contributed by atoms with Crippen molar-refractivity contribution in [1.82, 2.24) is 10.2 Å². The third-order valence-electron chi connectivity index (χ3n) is 5.80. The van der Waals surface area contributed by atoms with Crippen LogP contribution in [0, 0.1) is 17.8 Å². The quantitative estimate of drug-likeness (QED) is 0.808. The largest absolute Gasteiger partial charge is 0.353 e. The molecule has 128 valence electrons. The maximum Gasteiger partial charge on any atom is 0.233 e. The number of rotatable bonds is 4. The molecular weight excluding hydrogens is 292 g/mol. The van der Waals surface area contributed by atoms with E-state index in [0.717, 1.165) is 38.5 Å². The minimum atomic E-state index is -0.112. The van der Waals surface area contributed by atoms with Gasteiger partial charge in [0.25, 0.3) is 0 Å². The highest BCUT2D eigenvalue weighted by Crippen LogP contribution is 2.37. The summed E-state index contributed by atoms with van der Waals surface area (Å²) in [5.41, 5.74) is 0. The van der Waals surface area contributed by atoms with Gasteiger partial charge in [-0.05, 0) is 31.6 Å². The summed E-state index contributed by atoms with van der Waals surface area (Å²) in [5, 5.41) is 3.08. The first-order valence-electron chi connectivity index (χ1n) is 9.21. The van der Waals surface area contributed by atoms with E-state index in [1.54, 1.807) is 0 Å². The van der Waals surface area contributed by atoms with E-state index in [0.29, 0.717) is 5.92 Å². The number of nitrogens with one attached hydrogen (secondary N) is 1. The molecule has 23 heavy (non-hydrogen) atoms. The van der Waals surface area contributed by atoms with Gasteiger partial charge in [0.05, 0.1) is 11.8 Å². The molecule has 3 fully saturated rings. The molecular formula is C18H28N2O3. The highest BCUT2D eigenvalue weighted by molar-refractivity contribution is 6.05. The van der Waals surface area contributed by atoms with Crippen LogP contribution in [-0.2, 0) is 14.4 Å². The van der Waals surface area contributed by atoms with E-state index in [1.165, 1.54) is 17.7 Å². The number of imide groups is 1. The molecule has 1 heterocycles. The zero-order valence-corrected chi connectivity index (χ0v) is 14.1. The Bertz CT molecular complexity index is 467. The fourth-order valence-corrected chi connectivity index (χ4v) is 4.53. The third kappa shape index (κ3) is 3.59. The summed E-state index contributed by atoms with van der Waals surface area (Å²) >= 11 is 0. The summed E-state index contributed by atoms with van der Waals surface area (Å²) < 4.78 is 0. The zero-order chi connectivity index (χ0) is 16.4. The number of likely N-dealkylation sites (tertiary alicyclic amines) is 1. The van der Waals surface area contributed by atoms with Gasteiger partial charge in [0.1, 0.15) is 0 Å². The molecule has 3 aliphatic rings. The molecule has 5 heteroatoms. The number of fused-ring (bicyclic) bond motifs is 1. The van der Waals surface area contributed by atoms with Crippen molar-refractivity contribution in [3.8, 4) is 0 Å². The van der Waals surface area contributed by atoms with Crippen LogP contribution in [0.15, 0.2) is 0 Å². The Morgan fingerprint density at radius 1 is 1.04 bits per heavy atom. The molecule has 4 atom stereocenters. The van der Waals surface area contributed by atoms with Crippen LogP contribution in [0.2, 0.25) is 0 Å². The van der Waals surface area contributed by atoms with Gasteiger partial charge in [-0.2, -0.15) is 0 Å². The molecule has 0 aromatic carbocycles. The predicted molar refractivity (Wildman–Crippen MR) is 86.3 cm³/mol. The number of hydrogen-bond donors (Lipinski definition) is 1. The monoisotopic (exact) mass is 320 g/mol. The molecule has 5 nitrogen and oxygen atoms in total. The van der Waals surface area contributed by atoms with Crippen molar-refractivity contribution < 1.29 is 14.4 Å². The maximum atomic E-state index is 12.4. The standard InChI is InChI=1S/C18H28N2O3/c1-12-5-4-6-13(11-12)19-16(21)9-10-20-17(22)14-7-2-3-8-15(14)18(20)23/h12-15H,2-11H2,1H3,(H,19,21). The molecule has 0 aromatic heterocycles. The normalized spacial score (nSPS) is 34.4. The van der Waals surface area contributed by atoms with E-state index < -0.39 is 0 Å². The van der Waals surface area contributed by atoms with Crippen LogP contribution in [0.25, 0.3) is 0 Å². The second kappa shape index (κ2) is 7.02. The Morgan fingerprint density at radius 3 is 2.30 bits per heavy atom. The molecule has 1 saturated heterocycles. The molecule has 3 amide bonds. The molecule has 3 rings (SSSR count). The Hall–Kier alpha value is -1.39. The molecule has 0 radical (unpaired) electrons. The van der Waals surface area contributed by atoms with Gasteiger partial charge in [-0.3, -0.25) is 19.3 Å². The molecule has 2 aliphatic carbocycles. The summed E-state index contributed by atoms with van der Waals surface area (Å²) in [6.07, 6.45) is 8.46. The van der Waals surface area contributed by atoms with Crippen molar-refractivity contribution >= 4 is 17.7 Å². The van der Waals surface area contributed by atoms with E-state index in [4.69, 9.17) is 0 Å². The van der Waals surface area contributed by atoms with E-state index in [1.807, 2.05) is 0 Å². The van der Waals surface area contributed by atoms with Crippen LogP contribution in [0.5, 0.6) is 0 Å². The summed E-state index contributed by atoms with van der Waals surface area (Å²) in [5.74, 6) is 0.327. The van der Waals surface area contributed by atoms with Gasteiger partial charge >= 0.3 is 0 Å². The van der Waals surface area contributed by atoms with Crippen molar-refractivity contribution in [2.45, 2.75) is 70.8 Å². The number of carbonyl (C=O) groups excluding carboxylic acids is 3. The summed E-state index contributed by atoms with van der Waals surface area (Å²) in [6.45, 7) is 2.47. The van der Waals surface area contributed by atoms with Crippen molar-refractivity contribution in [3.05, 3.63) is 0 Å². The summed E-state index contributed by atoms with van der Waals surface area (Å²) in [6, 6.07) is 0.263. The van der Waals surface area contributed by atoms with Gasteiger partial charge in [0.15, 0.2) is 0 Å². The lowest BCUT2D eigenvalue weighted by molar-refractivity contribution is -0.140. The lowest BCUT2D eigenvalue weighted by atomic mass is 9.81. The first kappa shape index (κ1) is 16.5. The molecule has 2 saturated carbocycles. The Balaban J connectivity index is 1.48. The van der Waals surface area contributed by atoms with E-state index >= 15 is 0 Å². The Morgan fingerprint density at radius 2 is 1.70 bits per heavy atom. The number of amides is 3. The highest BCUT2D eigenvalue weighted by Gasteiger charge is 2.47. The van der Waals surface area contributed by atoms with Crippen molar-refractivity contribution in [3.63, 3.8) is 0 Å². The van der Waals surface area contributed by atoms with Crippen LogP contribution >= 0.6 is 0 Å². The lowest BCUT2D eigenvalue weighted by Gasteiger charge is -2.27. The predicted octanol–water partition coefficient (Wildman–Crippen LogP) is 2.25. The second-order valence-corrected chi connectivity index (χ2v) is 7.61. The first-order valence-corrected chi connectivity index (χ1v) is 9.21. The number of hydrogen-bond acceptors (Lipinski definition) is 3. The topological polar surface area (TPSA) is 66.5 Å². The van der Waals surface area contributed by atoms with Crippen molar-refractivity contribution in [2.75, 3.05) is 6.54 Å². The second-order valence-electron chi connectivity index (χ2n) is 7.61. The summed E-state index contributed by atoms with van der Waals surface area (Å²) in [4.78, 5) is 38.2. The fourth-order valence-electron chi connectivity index (χ4n) is 4.53. The van der Waals surface area contributed by atoms with Gasteiger partial charge in [-0.25, -0.2) is 0 Å². The van der Waals surface area contributed by atoms with E-state index in [-0.39, 0.29) is 48.6 Å². The van der Waals surface area contributed by atoms with Crippen LogP contribution in [-0.4, -0.2) is 35.2 Å². The molecule has 1 N–H and O–H groups in total. The van der Waals surface area contributed by atoms with Crippen LogP contribution in [0.4, 0.5) is 0 Å².